The zero-order chi connectivity index (χ0) is 18.6. The summed E-state index contributed by atoms with van der Waals surface area (Å²) < 4.78 is 28.0. The Morgan fingerprint density at radius 2 is 1.85 bits per heavy atom. The molecule has 26 heavy (non-hydrogen) atoms. The molecule has 0 saturated heterocycles. The molecule has 0 saturated carbocycles. The molecule has 134 valence electrons. The largest absolute Gasteiger partial charge is 0.296 e. The number of aromatic nitrogens is 2. The highest BCUT2D eigenvalue weighted by atomic mass is 32.2. The van der Waals surface area contributed by atoms with Crippen molar-refractivity contribution in [2.24, 2.45) is 0 Å². The number of sulfonamides is 1. The molecule has 0 unspecified atom stereocenters. The lowest BCUT2D eigenvalue weighted by molar-refractivity contribution is 0.102. The van der Waals surface area contributed by atoms with Crippen LogP contribution < -0.4 is 10.0 Å². The van der Waals surface area contributed by atoms with Gasteiger partial charge in [-0.15, -0.1) is 10.2 Å². The van der Waals surface area contributed by atoms with E-state index in [1.54, 1.807) is 36.4 Å². The van der Waals surface area contributed by atoms with Gasteiger partial charge in [0.2, 0.25) is 5.13 Å². The van der Waals surface area contributed by atoms with Gasteiger partial charge in [0.1, 0.15) is 0 Å². The normalized spacial score (nSPS) is 11.1. The van der Waals surface area contributed by atoms with E-state index in [1.807, 2.05) is 6.26 Å². The van der Waals surface area contributed by atoms with Crippen molar-refractivity contribution in [3.8, 4) is 0 Å². The summed E-state index contributed by atoms with van der Waals surface area (Å²) in [7, 11) is -3.72. The third kappa shape index (κ3) is 4.40. The van der Waals surface area contributed by atoms with Crippen molar-refractivity contribution in [2.75, 3.05) is 16.3 Å². The maximum Gasteiger partial charge on any atom is 0.261 e. The third-order valence-corrected chi connectivity index (χ3v) is 6.44. The molecule has 0 radical (unpaired) electrons. The van der Waals surface area contributed by atoms with Gasteiger partial charge in [-0.25, -0.2) is 8.42 Å². The molecule has 0 aliphatic rings. The SMILES string of the molecule is CSc1nnc(NC(=O)c2cccc(NS(=O)(=O)c3ccccc3)c2)s1. The number of hydrogen-bond acceptors (Lipinski definition) is 7. The van der Waals surface area contributed by atoms with Gasteiger partial charge >= 0.3 is 0 Å². The topological polar surface area (TPSA) is 101 Å². The van der Waals surface area contributed by atoms with Crippen molar-refractivity contribution in [1.29, 1.82) is 0 Å². The summed E-state index contributed by atoms with van der Waals surface area (Å²) in [5.41, 5.74) is 0.600. The second kappa shape index (κ2) is 7.85. The number of rotatable bonds is 6. The van der Waals surface area contributed by atoms with E-state index in [2.05, 4.69) is 20.2 Å². The summed E-state index contributed by atoms with van der Waals surface area (Å²) in [5.74, 6) is -0.394. The summed E-state index contributed by atoms with van der Waals surface area (Å²) in [6.07, 6.45) is 1.87. The molecule has 2 N–H and O–H groups in total. The number of hydrogen-bond donors (Lipinski definition) is 2. The average Bonchev–Trinajstić information content (AvgIpc) is 3.10. The van der Waals surface area contributed by atoms with Gasteiger partial charge in [-0.3, -0.25) is 14.8 Å². The van der Waals surface area contributed by atoms with E-state index in [0.29, 0.717) is 16.4 Å². The Hall–Kier alpha value is -2.43. The Labute approximate surface area is 158 Å². The van der Waals surface area contributed by atoms with Crippen LogP contribution in [0.5, 0.6) is 0 Å². The minimum Gasteiger partial charge on any atom is -0.296 e. The van der Waals surface area contributed by atoms with Crippen LogP contribution in [0.15, 0.2) is 63.8 Å². The average molecular weight is 407 g/mol. The Morgan fingerprint density at radius 1 is 1.08 bits per heavy atom. The standard InChI is InChI=1S/C16H14N4O3S3/c1-24-16-19-18-15(25-16)17-14(21)11-6-5-7-12(10-11)20-26(22,23)13-8-3-2-4-9-13/h2-10,20H,1H3,(H,17,18,21). The van der Waals surface area contributed by atoms with E-state index in [1.165, 1.54) is 41.3 Å². The zero-order valence-electron chi connectivity index (χ0n) is 13.5. The van der Waals surface area contributed by atoms with Crippen LogP contribution in [0.4, 0.5) is 10.8 Å². The van der Waals surface area contributed by atoms with Gasteiger partial charge in [-0.2, -0.15) is 0 Å². The van der Waals surface area contributed by atoms with Crippen molar-refractivity contribution in [2.45, 2.75) is 9.24 Å². The van der Waals surface area contributed by atoms with Crippen LogP contribution in [0.2, 0.25) is 0 Å². The van der Waals surface area contributed by atoms with Crippen LogP contribution in [0, 0.1) is 0 Å². The minimum absolute atomic E-state index is 0.147. The first-order valence-corrected chi connectivity index (χ1v) is 10.9. The molecule has 3 rings (SSSR count). The van der Waals surface area contributed by atoms with Crippen molar-refractivity contribution in [3.63, 3.8) is 0 Å². The molecule has 1 amide bonds. The molecule has 10 heteroatoms. The van der Waals surface area contributed by atoms with Crippen LogP contribution >= 0.6 is 23.1 Å². The van der Waals surface area contributed by atoms with E-state index in [4.69, 9.17) is 0 Å². The number of thioether (sulfide) groups is 1. The maximum atomic E-state index is 12.4. The van der Waals surface area contributed by atoms with E-state index in [-0.39, 0.29) is 4.90 Å². The number of anilines is 2. The zero-order valence-corrected chi connectivity index (χ0v) is 16.0. The van der Waals surface area contributed by atoms with Gasteiger partial charge in [-0.05, 0) is 36.6 Å². The van der Waals surface area contributed by atoms with Gasteiger partial charge in [0.15, 0.2) is 4.34 Å². The highest BCUT2D eigenvalue weighted by Gasteiger charge is 2.15. The molecule has 0 aliphatic carbocycles. The lowest BCUT2D eigenvalue weighted by Gasteiger charge is -2.09. The first-order valence-electron chi connectivity index (χ1n) is 7.35. The predicted molar refractivity (Wildman–Crippen MR) is 103 cm³/mol. The second-order valence-electron chi connectivity index (χ2n) is 5.03. The van der Waals surface area contributed by atoms with Crippen LogP contribution in [-0.2, 0) is 10.0 Å². The fraction of sp³-hybridized carbons (Fsp3) is 0.0625. The monoisotopic (exact) mass is 406 g/mol. The van der Waals surface area contributed by atoms with Gasteiger partial charge in [0.05, 0.1) is 4.90 Å². The molecular weight excluding hydrogens is 392 g/mol. The predicted octanol–water partition coefficient (Wildman–Crippen LogP) is 3.31. The Balaban J connectivity index is 1.76. The number of carbonyl (C=O) groups is 1. The summed E-state index contributed by atoms with van der Waals surface area (Å²) in [4.78, 5) is 12.5. The lowest BCUT2D eigenvalue weighted by atomic mass is 10.2. The first-order chi connectivity index (χ1) is 12.5. The number of carbonyl (C=O) groups excluding carboxylic acids is 1. The fourth-order valence-electron chi connectivity index (χ4n) is 2.05. The van der Waals surface area contributed by atoms with Crippen molar-refractivity contribution in [1.82, 2.24) is 10.2 Å². The summed E-state index contributed by atoms with van der Waals surface area (Å²) in [6.45, 7) is 0. The molecule has 0 spiro atoms. The van der Waals surface area contributed by atoms with E-state index >= 15 is 0 Å². The highest BCUT2D eigenvalue weighted by Crippen LogP contribution is 2.24. The minimum atomic E-state index is -3.72. The van der Waals surface area contributed by atoms with Crippen molar-refractivity contribution < 1.29 is 13.2 Å². The maximum absolute atomic E-state index is 12.4. The van der Waals surface area contributed by atoms with Gasteiger partial charge in [-0.1, -0.05) is 47.4 Å². The van der Waals surface area contributed by atoms with Crippen molar-refractivity contribution >= 4 is 49.8 Å². The molecule has 2 aromatic carbocycles. The van der Waals surface area contributed by atoms with Crippen LogP contribution in [-0.4, -0.2) is 30.8 Å². The third-order valence-electron chi connectivity index (χ3n) is 3.23. The summed E-state index contributed by atoms with van der Waals surface area (Å²) in [5, 5.41) is 10.8. The summed E-state index contributed by atoms with van der Waals surface area (Å²) >= 11 is 2.70. The van der Waals surface area contributed by atoms with Crippen molar-refractivity contribution in [3.05, 3.63) is 60.2 Å². The van der Waals surface area contributed by atoms with Crippen LogP contribution in [0.25, 0.3) is 0 Å². The number of nitrogens with one attached hydrogen (secondary N) is 2. The lowest BCUT2D eigenvalue weighted by Crippen LogP contribution is -2.15. The molecule has 0 atom stereocenters. The molecule has 0 fully saturated rings. The van der Waals surface area contributed by atoms with E-state index in [9.17, 15) is 13.2 Å². The van der Waals surface area contributed by atoms with Gasteiger partial charge in [0, 0.05) is 11.3 Å². The molecule has 7 nitrogen and oxygen atoms in total. The quantitative estimate of drug-likeness (QED) is 0.481. The van der Waals surface area contributed by atoms with Gasteiger partial charge in [0.25, 0.3) is 15.9 Å². The smallest absolute Gasteiger partial charge is 0.261 e. The van der Waals surface area contributed by atoms with E-state index in [0.717, 1.165) is 4.34 Å². The second-order valence-corrected chi connectivity index (χ2v) is 8.74. The molecule has 1 heterocycles. The molecule has 0 bridgehead atoms. The first kappa shape index (κ1) is 18.4. The van der Waals surface area contributed by atoms with Crippen LogP contribution in [0.1, 0.15) is 10.4 Å². The van der Waals surface area contributed by atoms with Gasteiger partial charge < -0.3 is 0 Å². The Kier molecular flexibility index (Phi) is 5.55. The Bertz CT molecular complexity index is 1020. The summed E-state index contributed by atoms with van der Waals surface area (Å²) in [6, 6.07) is 14.2. The molecular formula is C16H14N4O3S3. The van der Waals surface area contributed by atoms with Crippen LogP contribution in [0.3, 0.4) is 0 Å². The molecule has 1 aromatic heterocycles. The number of amides is 1. The number of benzene rings is 2. The molecule has 0 aliphatic heterocycles. The Morgan fingerprint density at radius 3 is 2.54 bits per heavy atom. The number of nitrogens with zero attached hydrogens (tertiary/aromatic N) is 2. The fourth-order valence-corrected chi connectivity index (χ4v) is 4.29. The highest BCUT2D eigenvalue weighted by molar-refractivity contribution is 8.00. The molecule has 3 aromatic rings. The van der Waals surface area contributed by atoms with E-state index < -0.39 is 15.9 Å².